The summed E-state index contributed by atoms with van der Waals surface area (Å²) in [7, 11) is 0. The average molecular weight is 263 g/mol. The Morgan fingerprint density at radius 1 is 1.42 bits per heavy atom. The molecule has 4 heteroatoms. The highest BCUT2D eigenvalue weighted by atomic mass is 16.2. The number of carbonyl (C=O) groups is 1. The van der Waals surface area contributed by atoms with Crippen LogP contribution in [0, 0.1) is 0 Å². The molecule has 19 heavy (non-hydrogen) atoms. The highest BCUT2D eigenvalue weighted by Gasteiger charge is 2.20. The monoisotopic (exact) mass is 263 g/mol. The maximum atomic E-state index is 12.4. The predicted octanol–water partition coefficient (Wildman–Crippen LogP) is 3.09. The summed E-state index contributed by atoms with van der Waals surface area (Å²) in [6, 6.07) is 2.29. The van der Waals surface area contributed by atoms with Gasteiger partial charge in [-0.15, -0.1) is 0 Å². The Bertz CT molecular complexity index is 431. The van der Waals surface area contributed by atoms with E-state index in [9.17, 15) is 4.79 Å². The van der Waals surface area contributed by atoms with Crippen molar-refractivity contribution in [3.05, 3.63) is 17.5 Å². The lowest BCUT2D eigenvalue weighted by Crippen LogP contribution is -2.37. The first kappa shape index (κ1) is 14.1. The number of hydrogen-bond acceptors (Lipinski definition) is 2. The van der Waals surface area contributed by atoms with Crippen LogP contribution in [0.4, 0.5) is 0 Å². The van der Waals surface area contributed by atoms with Gasteiger partial charge in [0.15, 0.2) is 0 Å². The third-order valence-electron chi connectivity index (χ3n) is 3.86. The Labute approximate surface area is 115 Å². The summed E-state index contributed by atoms with van der Waals surface area (Å²) in [6.45, 7) is 6.96. The lowest BCUT2D eigenvalue weighted by molar-refractivity contribution is 0.0917. The Morgan fingerprint density at radius 2 is 2.11 bits per heavy atom. The molecule has 1 aliphatic rings. The zero-order chi connectivity index (χ0) is 13.8. The first-order chi connectivity index (χ1) is 9.11. The van der Waals surface area contributed by atoms with Crippen LogP contribution in [0.3, 0.4) is 0 Å². The highest BCUT2D eigenvalue weighted by molar-refractivity contribution is 5.92. The number of nitrogens with one attached hydrogen (secondary N) is 1. The van der Waals surface area contributed by atoms with Crippen molar-refractivity contribution in [2.45, 2.75) is 71.4 Å². The molecule has 0 atom stereocenters. The molecule has 0 aromatic carbocycles. The van der Waals surface area contributed by atoms with Gasteiger partial charge < -0.3 is 5.32 Å². The average Bonchev–Trinajstić information content (AvgIpc) is 2.84. The molecule has 4 nitrogen and oxygen atoms in total. The third-order valence-corrected chi connectivity index (χ3v) is 3.86. The maximum Gasteiger partial charge on any atom is 0.269 e. The van der Waals surface area contributed by atoms with E-state index in [4.69, 9.17) is 0 Å². The van der Waals surface area contributed by atoms with Crippen molar-refractivity contribution in [2.24, 2.45) is 0 Å². The van der Waals surface area contributed by atoms with Crippen molar-refractivity contribution in [1.82, 2.24) is 15.1 Å². The van der Waals surface area contributed by atoms with E-state index in [1.165, 1.54) is 19.3 Å². The zero-order valence-electron chi connectivity index (χ0n) is 12.3. The summed E-state index contributed by atoms with van der Waals surface area (Å²) in [4.78, 5) is 12.4. The zero-order valence-corrected chi connectivity index (χ0v) is 12.3. The van der Waals surface area contributed by atoms with E-state index >= 15 is 0 Å². The van der Waals surface area contributed by atoms with Gasteiger partial charge in [-0.1, -0.05) is 33.1 Å². The van der Waals surface area contributed by atoms with Gasteiger partial charge in [0.25, 0.3) is 5.91 Å². The molecule has 1 aliphatic carbocycles. The molecule has 0 aliphatic heterocycles. The fraction of sp³-hybridized carbons (Fsp3) is 0.733. The fourth-order valence-electron chi connectivity index (χ4n) is 2.65. The normalized spacial score (nSPS) is 16.8. The Balaban J connectivity index is 2.08. The van der Waals surface area contributed by atoms with Crippen molar-refractivity contribution in [3.8, 4) is 0 Å². The number of aromatic nitrogens is 2. The molecule has 1 aromatic rings. The molecule has 2 rings (SSSR count). The van der Waals surface area contributed by atoms with E-state index in [-0.39, 0.29) is 5.91 Å². The minimum absolute atomic E-state index is 0.0353. The smallest absolute Gasteiger partial charge is 0.269 e. The summed E-state index contributed by atoms with van der Waals surface area (Å²) in [5.74, 6) is 0.391. The van der Waals surface area contributed by atoms with Crippen LogP contribution in [0.15, 0.2) is 6.07 Å². The molecule has 1 heterocycles. The van der Waals surface area contributed by atoms with Crippen LogP contribution >= 0.6 is 0 Å². The van der Waals surface area contributed by atoms with Crippen LogP contribution in [-0.4, -0.2) is 21.7 Å². The summed E-state index contributed by atoms with van der Waals surface area (Å²) in [5.41, 5.74) is 1.70. The SMILES string of the molecule is CCn1nc(C(C)C)cc1C(=O)NC1CCCCC1. The van der Waals surface area contributed by atoms with Crippen molar-refractivity contribution < 1.29 is 4.79 Å². The number of amides is 1. The second kappa shape index (κ2) is 6.22. The third kappa shape index (κ3) is 3.37. The second-order valence-electron chi connectivity index (χ2n) is 5.73. The number of nitrogens with zero attached hydrogens (tertiary/aromatic N) is 2. The van der Waals surface area contributed by atoms with Gasteiger partial charge in [-0.3, -0.25) is 9.48 Å². The first-order valence-electron chi connectivity index (χ1n) is 7.50. The van der Waals surface area contributed by atoms with Gasteiger partial charge in [0.2, 0.25) is 0 Å². The Morgan fingerprint density at radius 3 is 2.68 bits per heavy atom. The molecule has 1 amide bonds. The van der Waals surface area contributed by atoms with Crippen molar-refractivity contribution >= 4 is 5.91 Å². The molecule has 0 saturated heterocycles. The summed E-state index contributed by atoms with van der Waals surface area (Å²) < 4.78 is 1.81. The van der Waals surface area contributed by atoms with Gasteiger partial charge in [0.1, 0.15) is 5.69 Å². The van der Waals surface area contributed by atoms with Crippen LogP contribution < -0.4 is 5.32 Å². The molecular weight excluding hydrogens is 238 g/mol. The van der Waals surface area contributed by atoms with Gasteiger partial charge in [0.05, 0.1) is 5.69 Å². The molecule has 0 spiro atoms. The van der Waals surface area contributed by atoms with Gasteiger partial charge in [-0.05, 0) is 31.7 Å². The molecule has 106 valence electrons. The Hall–Kier alpha value is -1.32. The largest absolute Gasteiger partial charge is 0.348 e. The maximum absolute atomic E-state index is 12.4. The van der Waals surface area contributed by atoms with Gasteiger partial charge in [-0.25, -0.2) is 0 Å². The molecule has 0 radical (unpaired) electrons. The van der Waals surface area contributed by atoms with E-state index in [0.717, 1.165) is 25.1 Å². The van der Waals surface area contributed by atoms with Crippen LogP contribution in [0.5, 0.6) is 0 Å². The van der Waals surface area contributed by atoms with E-state index < -0.39 is 0 Å². The molecule has 0 bridgehead atoms. The van der Waals surface area contributed by atoms with Crippen molar-refractivity contribution in [2.75, 3.05) is 0 Å². The second-order valence-corrected chi connectivity index (χ2v) is 5.73. The summed E-state index contributed by atoms with van der Waals surface area (Å²) in [5, 5.41) is 7.66. The molecule has 0 unspecified atom stereocenters. The van der Waals surface area contributed by atoms with Gasteiger partial charge >= 0.3 is 0 Å². The number of hydrogen-bond donors (Lipinski definition) is 1. The van der Waals surface area contributed by atoms with Gasteiger partial charge in [-0.2, -0.15) is 5.10 Å². The number of carbonyl (C=O) groups excluding carboxylic acids is 1. The van der Waals surface area contributed by atoms with Crippen molar-refractivity contribution in [1.29, 1.82) is 0 Å². The lowest BCUT2D eigenvalue weighted by Gasteiger charge is -2.22. The van der Waals surface area contributed by atoms with E-state index in [2.05, 4.69) is 24.3 Å². The number of aryl methyl sites for hydroxylation is 1. The van der Waals surface area contributed by atoms with Crippen molar-refractivity contribution in [3.63, 3.8) is 0 Å². The molecule has 1 saturated carbocycles. The summed E-state index contributed by atoms with van der Waals surface area (Å²) >= 11 is 0. The van der Waals surface area contributed by atoms with Crippen LogP contribution in [0.1, 0.15) is 75.0 Å². The molecule has 1 N–H and O–H groups in total. The quantitative estimate of drug-likeness (QED) is 0.907. The first-order valence-corrected chi connectivity index (χ1v) is 7.50. The van der Waals surface area contributed by atoms with E-state index in [0.29, 0.717) is 17.7 Å². The predicted molar refractivity (Wildman–Crippen MR) is 76.3 cm³/mol. The van der Waals surface area contributed by atoms with Crippen LogP contribution in [0.2, 0.25) is 0 Å². The Kier molecular flexibility index (Phi) is 4.61. The molecule has 1 fully saturated rings. The van der Waals surface area contributed by atoms with Gasteiger partial charge in [0, 0.05) is 12.6 Å². The molecule has 1 aromatic heterocycles. The van der Waals surface area contributed by atoms with E-state index in [1.807, 2.05) is 17.7 Å². The minimum atomic E-state index is 0.0353. The standard InChI is InChI=1S/C15H25N3O/c1-4-18-14(10-13(17-18)11(2)3)15(19)16-12-8-6-5-7-9-12/h10-12H,4-9H2,1-3H3,(H,16,19). The molecular formula is C15H25N3O. The highest BCUT2D eigenvalue weighted by Crippen LogP contribution is 2.19. The number of rotatable bonds is 4. The lowest BCUT2D eigenvalue weighted by atomic mass is 9.95. The topological polar surface area (TPSA) is 46.9 Å². The fourth-order valence-corrected chi connectivity index (χ4v) is 2.65. The summed E-state index contributed by atoms with van der Waals surface area (Å²) in [6.07, 6.45) is 5.99. The van der Waals surface area contributed by atoms with E-state index in [1.54, 1.807) is 0 Å². The minimum Gasteiger partial charge on any atom is -0.348 e. The van der Waals surface area contributed by atoms with Crippen LogP contribution in [0.25, 0.3) is 0 Å². The van der Waals surface area contributed by atoms with Crippen LogP contribution in [-0.2, 0) is 6.54 Å².